The second kappa shape index (κ2) is 7.46. The molecule has 1 aromatic carbocycles. The van der Waals surface area contributed by atoms with E-state index in [1.165, 1.54) is 13.2 Å². The van der Waals surface area contributed by atoms with Crippen molar-refractivity contribution in [2.45, 2.75) is 39.3 Å². The molecule has 1 rings (SSSR count). The molecule has 3 nitrogen and oxygen atoms in total. The fraction of sp³-hybridized carbons (Fsp3) is 0.600. The molecule has 0 heterocycles. The molecule has 4 heteroatoms. The summed E-state index contributed by atoms with van der Waals surface area (Å²) >= 11 is 0. The van der Waals surface area contributed by atoms with Crippen LogP contribution in [0.3, 0.4) is 0 Å². The summed E-state index contributed by atoms with van der Waals surface area (Å²) < 4.78 is 18.8. The topological polar surface area (TPSA) is 41.5 Å². The quantitative estimate of drug-likeness (QED) is 0.799. The average Bonchev–Trinajstić information content (AvgIpc) is 2.35. The Hall–Kier alpha value is -1.13. The highest BCUT2D eigenvalue weighted by molar-refractivity contribution is 5.30. The van der Waals surface area contributed by atoms with Crippen LogP contribution in [0.1, 0.15) is 38.8 Å². The third-order valence-electron chi connectivity index (χ3n) is 3.08. The summed E-state index contributed by atoms with van der Waals surface area (Å²) in [6.45, 7) is 6.48. The van der Waals surface area contributed by atoms with Crippen molar-refractivity contribution in [1.82, 2.24) is 5.32 Å². The maximum Gasteiger partial charge on any atom is 0.131 e. The van der Waals surface area contributed by atoms with Gasteiger partial charge in [-0.25, -0.2) is 4.39 Å². The minimum Gasteiger partial charge on any atom is -0.497 e. The molecule has 0 saturated carbocycles. The number of benzene rings is 1. The van der Waals surface area contributed by atoms with Crippen LogP contribution in [0, 0.1) is 11.7 Å². The molecule has 0 bridgehead atoms. The fourth-order valence-electron chi connectivity index (χ4n) is 2.04. The van der Waals surface area contributed by atoms with Gasteiger partial charge in [0.25, 0.3) is 0 Å². The third-order valence-corrected chi connectivity index (χ3v) is 3.08. The predicted octanol–water partition coefficient (Wildman–Crippen LogP) is 2.89. The molecule has 0 fully saturated rings. The molecular weight excluding hydrogens is 245 g/mol. The molecule has 0 aliphatic heterocycles. The first-order chi connectivity index (χ1) is 8.93. The Labute approximate surface area is 114 Å². The van der Waals surface area contributed by atoms with Gasteiger partial charge in [0.05, 0.1) is 13.2 Å². The average molecular weight is 269 g/mol. The van der Waals surface area contributed by atoms with Crippen molar-refractivity contribution in [2.75, 3.05) is 13.7 Å². The van der Waals surface area contributed by atoms with Gasteiger partial charge in [0, 0.05) is 24.2 Å². The Balaban J connectivity index is 2.56. The zero-order chi connectivity index (χ0) is 14.4. The lowest BCUT2D eigenvalue weighted by Gasteiger charge is -2.19. The summed E-state index contributed by atoms with van der Waals surface area (Å²) in [6.07, 6.45) is 0.342. The molecule has 0 aliphatic rings. The maximum atomic E-state index is 13.8. The maximum absolute atomic E-state index is 13.8. The van der Waals surface area contributed by atoms with E-state index in [1.807, 2.05) is 6.92 Å². The number of aliphatic hydroxyl groups is 1. The normalized spacial score (nSPS) is 14.5. The zero-order valence-electron chi connectivity index (χ0n) is 12.1. The van der Waals surface area contributed by atoms with Gasteiger partial charge in [-0.05, 0) is 25.3 Å². The lowest BCUT2D eigenvalue weighted by molar-refractivity contribution is 0.143. The molecule has 2 atom stereocenters. The van der Waals surface area contributed by atoms with Gasteiger partial charge in [0.2, 0.25) is 0 Å². The van der Waals surface area contributed by atoms with Gasteiger partial charge < -0.3 is 15.2 Å². The first-order valence-electron chi connectivity index (χ1n) is 6.69. The Morgan fingerprint density at radius 2 is 2.00 bits per heavy atom. The number of halogens is 1. The van der Waals surface area contributed by atoms with Crippen LogP contribution in [0.4, 0.5) is 4.39 Å². The first kappa shape index (κ1) is 15.9. The zero-order valence-corrected chi connectivity index (χ0v) is 12.1. The molecule has 2 N–H and O–H groups in total. The van der Waals surface area contributed by atoms with E-state index in [1.54, 1.807) is 12.1 Å². The third kappa shape index (κ3) is 5.17. The van der Waals surface area contributed by atoms with Crippen LogP contribution in [-0.4, -0.2) is 24.9 Å². The van der Waals surface area contributed by atoms with E-state index >= 15 is 0 Å². The molecule has 0 radical (unpaired) electrons. The van der Waals surface area contributed by atoms with Crippen LogP contribution < -0.4 is 10.1 Å². The highest BCUT2D eigenvalue weighted by Crippen LogP contribution is 2.21. The molecule has 0 spiro atoms. The van der Waals surface area contributed by atoms with Gasteiger partial charge in [-0.1, -0.05) is 19.9 Å². The van der Waals surface area contributed by atoms with E-state index in [0.717, 1.165) is 6.42 Å². The fourth-order valence-corrected chi connectivity index (χ4v) is 2.04. The van der Waals surface area contributed by atoms with Gasteiger partial charge >= 0.3 is 0 Å². The lowest BCUT2D eigenvalue weighted by atomic mass is 10.0. The molecule has 1 aromatic rings. The minimum atomic E-state index is -0.399. The van der Waals surface area contributed by atoms with E-state index in [2.05, 4.69) is 19.2 Å². The number of aliphatic hydroxyl groups excluding tert-OH is 1. The first-order valence-corrected chi connectivity index (χ1v) is 6.69. The monoisotopic (exact) mass is 269 g/mol. The van der Waals surface area contributed by atoms with E-state index in [9.17, 15) is 9.50 Å². The van der Waals surface area contributed by atoms with Gasteiger partial charge in [-0.2, -0.15) is 0 Å². The van der Waals surface area contributed by atoms with E-state index < -0.39 is 6.10 Å². The number of nitrogens with one attached hydrogen (secondary N) is 1. The lowest BCUT2D eigenvalue weighted by Crippen LogP contribution is -2.30. The molecule has 0 amide bonds. The number of ether oxygens (including phenoxy) is 1. The number of methoxy groups -OCH3 is 1. The van der Waals surface area contributed by atoms with Crippen molar-refractivity contribution in [2.24, 2.45) is 5.92 Å². The van der Waals surface area contributed by atoms with Crippen LogP contribution in [0.15, 0.2) is 18.2 Å². The molecule has 19 heavy (non-hydrogen) atoms. The highest BCUT2D eigenvalue weighted by atomic mass is 19.1. The molecule has 0 saturated heterocycles. The van der Waals surface area contributed by atoms with Crippen LogP contribution in [0.5, 0.6) is 5.75 Å². The van der Waals surface area contributed by atoms with E-state index in [-0.39, 0.29) is 11.9 Å². The molecule has 108 valence electrons. The van der Waals surface area contributed by atoms with Crippen molar-refractivity contribution in [3.8, 4) is 5.75 Å². The summed E-state index contributed by atoms with van der Waals surface area (Å²) in [6, 6.07) is 4.67. The second-order valence-corrected chi connectivity index (χ2v) is 5.30. The summed E-state index contributed by atoms with van der Waals surface area (Å²) in [5.74, 6) is 0.663. The van der Waals surface area contributed by atoms with Crippen LogP contribution in [0.25, 0.3) is 0 Å². The Kier molecular flexibility index (Phi) is 6.25. The molecular formula is C15H24FNO2. The summed E-state index contributed by atoms with van der Waals surface area (Å²) in [5.41, 5.74) is 0.581. The van der Waals surface area contributed by atoms with Crippen molar-refractivity contribution in [3.63, 3.8) is 0 Å². The summed E-state index contributed by atoms with van der Waals surface area (Å²) in [7, 11) is 1.51. The standard InChI is InChI=1S/C15H24FNO2/c1-10(2)7-12(18)9-17-11(3)14-6-5-13(19-4)8-15(14)16/h5-6,8,10-12,17-18H,7,9H2,1-4H3. The SMILES string of the molecule is COc1ccc(C(C)NCC(O)CC(C)C)c(F)c1. The summed E-state index contributed by atoms with van der Waals surface area (Å²) in [5, 5.41) is 12.9. The smallest absolute Gasteiger partial charge is 0.131 e. The molecule has 0 aliphatic carbocycles. The second-order valence-electron chi connectivity index (χ2n) is 5.30. The van der Waals surface area contributed by atoms with Crippen LogP contribution >= 0.6 is 0 Å². The largest absolute Gasteiger partial charge is 0.497 e. The number of rotatable bonds is 7. The Morgan fingerprint density at radius 1 is 1.32 bits per heavy atom. The Bertz CT molecular complexity index is 396. The molecule has 2 unspecified atom stereocenters. The van der Waals surface area contributed by atoms with Crippen molar-refractivity contribution < 1.29 is 14.2 Å². The van der Waals surface area contributed by atoms with Crippen LogP contribution in [-0.2, 0) is 0 Å². The van der Waals surface area contributed by atoms with E-state index in [0.29, 0.717) is 23.8 Å². The van der Waals surface area contributed by atoms with Gasteiger partial charge in [-0.15, -0.1) is 0 Å². The van der Waals surface area contributed by atoms with Gasteiger partial charge in [-0.3, -0.25) is 0 Å². The van der Waals surface area contributed by atoms with Gasteiger partial charge in [0.1, 0.15) is 11.6 Å². The number of hydrogen-bond donors (Lipinski definition) is 2. The van der Waals surface area contributed by atoms with Crippen LogP contribution in [0.2, 0.25) is 0 Å². The summed E-state index contributed by atoms with van der Waals surface area (Å²) in [4.78, 5) is 0. The van der Waals surface area contributed by atoms with Crippen molar-refractivity contribution in [3.05, 3.63) is 29.6 Å². The highest BCUT2D eigenvalue weighted by Gasteiger charge is 2.13. The van der Waals surface area contributed by atoms with Crippen molar-refractivity contribution >= 4 is 0 Å². The minimum absolute atomic E-state index is 0.146. The van der Waals surface area contributed by atoms with Crippen molar-refractivity contribution in [1.29, 1.82) is 0 Å². The predicted molar refractivity (Wildman–Crippen MR) is 74.8 cm³/mol. The molecule has 0 aromatic heterocycles. The van der Waals surface area contributed by atoms with Gasteiger partial charge in [0.15, 0.2) is 0 Å². The van der Waals surface area contributed by atoms with E-state index in [4.69, 9.17) is 4.74 Å². The number of hydrogen-bond acceptors (Lipinski definition) is 3. The Morgan fingerprint density at radius 3 is 2.53 bits per heavy atom.